The quantitative estimate of drug-likeness (QED) is 0.686. The molecule has 0 saturated carbocycles. The predicted molar refractivity (Wildman–Crippen MR) is 56.7 cm³/mol. The summed E-state index contributed by atoms with van der Waals surface area (Å²) in [7, 11) is 0. The molecule has 2 N–H and O–H groups in total. The molecule has 1 rings (SSSR count). The molecule has 1 fully saturated rings. The number of hydrogen-bond acceptors (Lipinski definition) is 3. The smallest absolute Gasteiger partial charge is 0.341 e. The molecule has 1 aliphatic rings. The van der Waals surface area contributed by atoms with E-state index in [1.807, 2.05) is 0 Å². The van der Waals surface area contributed by atoms with Gasteiger partial charge in [-0.05, 0) is 18.8 Å². The van der Waals surface area contributed by atoms with Gasteiger partial charge in [0.15, 0.2) is 6.61 Å². The van der Waals surface area contributed by atoms with Gasteiger partial charge in [0.1, 0.15) is 0 Å². The molecule has 0 aliphatic carbocycles. The van der Waals surface area contributed by atoms with Crippen LogP contribution in [-0.2, 0) is 9.63 Å². The highest BCUT2D eigenvalue weighted by atomic mass is 16.7. The maximum Gasteiger partial charge on any atom is 0.341 e. The van der Waals surface area contributed by atoms with Crippen LogP contribution in [0.1, 0.15) is 26.2 Å². The van der Waals surface area contributed by atoms with Gasteiger partial charge in [0.2, 0.25) is 0 Å². The highest BCUT2D eigenvalue weighted by molar-refractivity contribution is 5.74. The number of hydroxylamine groups is 1. The van der Waals surface area contributed by atoms with Crippen molar-refractivity contribution in [2.45, 2.75) is 26.2 Å². The molecule has 16 heavy (non-hydrogen) atoms. The Morgan fingerprint density at radius 2 is 2.31 bits per heavy atom. The van der Waals surface area contributed by atoms with Gasteiger partial charge in [-0.25, -0.2) is 15.1 Å². The fraction of sp³-hybridized carbons (Fsp3) is 0.800. The Bertz CT molecular complexity index is 257. The Hall–Kier alpha value is -1.30. The monoisotopic (exact) mass is 230 g/mol. The van der Waals surface area contributed by atoms with E-state index in [0.29, 0.717) is 12.5 Å². The molecule has 1 heterocycles. The zero-order valence-electron chi connectivity index (χ0n) is 9.44. The number of amides is 2. The molecule has 1 atom stereocenters. The first-order valence-electron chi connectivity index (χ1n) is 5.52. The summed E-state index contributed by atoms with van der Waals surface area (Å²) in [6.45, 7) is 3.06. The van der Waals surface area contributed by atoms with Crippen molar-refractivity contribution in [3.8, 4) is 0 Å². The Morgan fingerprint density at radius 3 is 2.94 bits per heavy atom. The molecule has 0 radical (unpaired) electrons. The largest absolute Gasteiger partial charge is 0.479 e. The van der Waals surface area contributed by atoms with E-state index in [9.17, 15) is 9.59 Å². The molecule has 0 aromatic rings. The normalized spacial score (nSPS) is 19.8. The van der Waals surface area contributed by atoms with Crippen molar-refractivity contribution >= 4 is 12.0 Å². The van der Waals surface area contributed by atoms with Crippen LogP contribution >= 0.6 is 0 Å². The first kappa shape index (κ1) is 12.8. The molecular weight excluding hydrogens is 212 g/mol. The second-order valence-electron chi connectivity index (χ2n) is 3.98. The fourth-order valence-corrected chi connectivity index (χ4v) is 1.89. The lowest BCUT2D eigenvalue weighted by atomic mass is 10.0. The third-order valence-electron chi connectivity index (χ3n) is 2.63. The van der Waals surface area contributed by atoms with Crippen molar-refractivity contribution in [3.63, 3.8) is 0 Å². The minimum Gasteiger partial charge on any atom is -0.479 e. The van der Waals surface area contributed by atoms with Crippen molar-refractivity contribution in [1.29, 1.82) is 0 Å². The van der Waals surface area contributed by atoms with Crippen LogP contribution < -0.4 is 5.48 Å². The summed E-state index contributed by atoms with van der Waals surface area (Å²) in [5.41, 5.74) is 2.12. The summed E-state index contributed by atoms with van der Waals surface area (Å²) >= 11 is 0. The second-order valence-corrected chi connectivity index (χ2v) is 3.98. The maximum atomic E-state index is 11.5. The van der Waals surface area contributed by atoms with E-state index in [1.54, 1.807) is 4.90 Å². The van der Waals surface area contributed by atoms with Gasteiger partial charge in [-0.1, -0.05) is 13.3 Å². The number of likely N-dealkylation sites (tertiary alicyclic amines) is 1. The van der Waals surface area contributed by atoms with Crippen molar-refractivity contribution in [3.05, 3.63) is 0 Å². The lowest BCUT2D eigenvalue weighted by Crippen LogP contribution is -2.39. The van der Waals surface area contributed by atoms with Gasteiger partial charge in [0, 0.05) is 13.1 Å². The van der Waals surface area contributed by atoms with Crippen LogP contribution in [0, 0.1) is 5.92 Å². The van der Waals surface area contributed by atoms with Crippen molar-refractivity contribution < 1.29 is 19.5 Å². The second kappa shape index (κ2) is 6.32. The van der Waals surface area contributed by atoms with E-state index in [0.717, 1.165) is 25.8 Å². The summed E-state index contributed by atoms with van der Waals surface area (Å²) in [5, 5.41) is 8.31. The van der Waals surface area contributed by atoms with E-state index < -0.39 is 12.6 Å². The number of urea groups is 1. The van der Waals surface area contributed by atoms with Crippen LogP contribution in [0.25, 0.3) is 0 Å². The molecule has 1 aliphatic heterocycles. The number of carbonyl (C=O) groups excluding carboxylic acids is 1. The first-order chi connectivity index (χ1) is 7.63. The molecule has 6 heteroatoms. The summed E-state index contributed by atoms with van der Waals surface area (Å²) in [4.78, 5) is 27.8. The summed E-state index contributed by atoms with van der Waals surface area (Å²) < 4.78 is 0. The molecule has 0 aromatic heterocycles. The Labute approximate surface area is 94.5 Å². The molecule has 0 aromatic carbocycles. The zero-order chi connectivity index (χ0) is 12.0. The molecule has 6 nitrogen and oxygen atoms in total. The SMILES string of the molecule is CCCC1CCN(C(=O)NOCC(=O)O)C1. The molecule has 0 spiro atoms. The van der Waals surface area contributed by atoms with E-state index in [1.165, 1.54) is 0 Å². The average Bonchev–Trinajstić information content (AvgIpc) is 2.66. The lowest BCUT2D eigenvalue weighted by molar-refractivity contribution is -0.144. The Morgan fingerprint density at radius 1 is 1.56 bits per heavy atom. The van der Waals surface area contributed by atoms with Gasteiger partial charge in [0.25, 0.3) is 0 Å². The van der Waals surface area contributed by atoms with Crippen LogP contribution in [0.5, 0.6) is 0 Å². The Kier molecular flexibility index (Phi) is 5.04. The summed E-state index contributed by atoms with van der Waals surface area (Å²) in [6.07, 6.45) is 3.26. The highest BCUT2D eigenvalue weighted by Gasteiger charge is 2.25. The van der Waals surface area contributed by atoms with Crippen LogP contribution in [0.4, 0.5) is 4.79 Å². The predicted octanol–water partition coefficient (Wildman–Crippen LogP) is 0.834. The third-order valence-corrected chi connectivity index (χ3v) is 2.63. The van der Waals surface area contributed by atoms with Gasteiger partial charge in [-0.3, -0.25) is 4.84 Å². The van der Waals surface area contributed by atoms with E-state index in [2.05, 4.69) is 17.2 Å². The molecular formula is C10H18N2O4. The van der Waals surface area contributed by atoms with Crippen LogP contribution in [0.15, 0.2) is 0 Å². The number of carbonyl (C=O) groups is 2. The summed E-state index contributed by atoms with van der Waals surface area (Å²) in [6, 6.07) is -0.347. The lowest BCUT2D eigenvalue weighted by Gasteiger charge is -2.16. The number of nitrogens with one attached hydrogen (secondary N) is 1. The number of carboxylic acids is 1. The van der Waals surface area contributed by atoms with Gasteiger partial charge >= 0.3 is 12.0 Å². The van der Waals surface area contributed by atoms with Gasteiger partial charge in [-0.15, -0.1) is 0 Å². The van der Waals surface area contributed by atoms with E-state index in [-0.39, 0.29) is 6.03 Å². The van der Waals surface area contributed by atoms with Crippen LogP contribution in [-0.4, -0.2) is 41.7 Å². The standard InChI is InChI=1S/C10H18N2O4/c1-2-3-8-4-5-12(6-8)10(15)11-16-7-9(13)14/h8H,2-7H2,1H3,(H,11,15)(H,13,14). The number of aliphatic carboxylic acids is 1. The van der Waals surface area contributed by atoms with Crippen LogP contribution in [0.3, 0.4) is 0 Å². The number of hydrogen-bond donors (Lipinski definition) is 2. The van der Waals surface area contributed by atoms with Crippen molar-refractivity contribution in [2.75, 3.05) is 19.7 Å². The molecule has 92 valence electrons. The summed E-state index contributed by atoms with van der Waals surface area (Å²) in [5.74, 6) is -0.541. The Balaban J connectivity index is 2.20. The molecule has 2 amide bonds. The van der Waals surface area contributed by atoms with Gasteiger partial charge in [0.05, 0.1) is 0 Å². The van der Waals surface area contributed by atoms with E-state index in [4.69, 9.17) is 5.11 Å². The van der Waals surface area contributed by atoms with Crippen molar-refractivity contribution in [1.82, 2.24) is 10.4 Å². The van der Waals surface area contributed by atoms with E-state index >= 15 is 0 Å². The third kappa shape index (κ3) is 4.06. The highest BCUT2D eigenvalue weighted by Crippen LogP contribution is 2.20. The maximum absolute atomic E-state index is 11.5. The minimum atomic E-state index is -1.11. The number of carboxylic acid groups (broad SMARTS) is 1. The average molecular weight is 230 g/mol. The molecule has 1 saturated heterocycles. The number of nitrogens with zero attached hydrogens (tertiary/aromatic N) is 1. The zero-order valence-corrected chi connectivity index (χ0v) is 9.44. The van der Waals surface area contributed by atoms with Gasteiger partial charge in [-0.2, -0.15) is 0 Å². The fourth-order valence-electron chi connectivity index (χ4n) is 1.89. The van der Waals surface area contributed by atoms with Crippen LogP contribution in [0.2, 0.25) is 0 Å². The topological polar surface area (TPSA) is 78.9 Å². The molecule has 1 unspecified atom stereocenters. The number of rotatable bonds is 5. The van der Waals surface area contributed by atoms with Crippen molar-refractivity contribution in [2.24, 2.45) is 5.92 Å². The van der Waals surface area contributed by atoms with Gasteiger partial charge < -0.3 is 10.0 Å². The first-order valence-corrected chi connectivity index (χ1v) is 5.52. The minimum absolute atomic E-state index is 0.347. The molecule has 0 bridgehead atoms.